The molecule has 0 radical (unpaired) electrons. The molecule has 0 aromatic heterocycles. The van der Waals surface area contributed by atoms with Crippen molar-refractivity contribution in [2.45, 2.75) is 52.3 Å². The number of alkyl carbamates (subject to hydrolysis) is 1. The van der Waals surface area contributed by atoms with Gasteiger partial charge in [0.25, 0.3) is 0 Å². The van der Waals surface area contributed by atoms with Gasteiger partial charge in [-0.3, -0.25) is 4.79 Å². The van der Waals surface area contributed by atoms with E-state index in [1.54, 1.807) is 20.8 Å². The molecule has 118 valence electrons. The third-order valence-corrected chi connectivity index (χ3v) is 2.64. The predicted molar refractivity (Wildman–Crippen MR) is 65.3 cm³/mol. The van der Waals surface area contributed by atoms with Crippen LogP contribution in [0.3, 0.4) is 0 Å². The number of carbonyl (C=O) groups excluding carboxylic acids is 1. The van der Waals surface area contributed by atoms with E-state index in [9.17, 15) is 22.8 Å². The van der Waals surface area contributed by atoms with Crippen molar-refractivity contribution >= 4 is 12.1 Å². The molecule has 0 saturated heterocycles. The first-order chi connectivity index (χ1) is 8.81. The molecule has 0 saturated carbocycles. The van der Waals surface area contributed by atoms with Gasteiger partial charge in [0.05, 0.1) is 11.8 Å². The number of aliphatic carboxylic acids is 1. The molecule has 0 heterocycles. The second-order valence-corrected chi connectivity index (χ2v) is 5.59. The Morgan fingerprint density at radius 2 is 1.70 bits per heavy atom. The Hall–Kier alpha value is -1.47. The number of rotatable bonds is 5. The Kier molecular flexibility index (Phi) is 5.86. The molecule has 0 bridgehead atoms. The van der Waals surface area contributed by atoms with Gasteiger partial charge in [-0.05, 0) is 27.2 Å². The van der Waals surface area contributed by atoms with Crippen LogP contribution in [0.15, 0.2) is 0 Å². The maximum Gasteiger partial charge on any atom is 0.407 e. The summed E-state index contributed by atoms with van der Waals surface area (Å²) in [5, 5.41) is 11.1. The van der Waals surface area contributed by atoms with E-state index in [1.165, 1.54) is 6.92 Å². The molecule has 0 rings (SSSR count). The third-order valence-electron chi connectivity index (χ3n) is 2.64. The Labute approximate surface area is 115 Å². The van der Waals surface area contributed by atoms with Crippen molar-refractivity contribution in [3.8, 4) is 0 Å². The van der Waals surface area contributed by atoms with E-state index in [1.807, 2.05) is 0 Å². The van der Waals surface area contributed by atoms with Gasteiger partial charge in [-0.2, -0.15) is 13.2 Å². The molecule has 1 amide bonds. The number of hydrogen-bond donors (Lipinski definition) is 2. The number of nitrogens with one attached hydrogen (secondary N) is 1. The summed E-state index contributed by atoms with van der Waals surface area (Å²) in [6.07, 6.45) is -7.36. The average molecular weight is 299 g/mol. The van der Waals surface area contributed by atoms with E-state index in [-0.39, 0.29) is 6.42 Å². The molecular weight excluding hydrogens is 279 g/mol. The molecule has 8 heteroatoms. The predicted octanol–water partition coefficient (Wildman–Crippen LogP) is 2.94. The van der Waals surface area contributed by atoms with Crippen LogP contribution in [0.5, 0.6) is 0 Å². The van der Waals surface area contributed by atoms with E-state index in [4.69, 9.17) is 9.84 Å². The number of hydrogen-bond acceptors (Lipinski definition) is 3. The van der Waals surface area contributed by atoms with Crippen LogP contribution >= 0.6 is 0 Å². The Morgan fingerprint density at radius 3 is 2.00 bits per heavy atom. The summed E-state index contributed by atoms with van der Waals surface area (Å²) in [5.74, 6) is -1.60. The summed E-state index contributed by atoms with van der Waals surface area (Å²) < 4.78 is 42.3. The minimum atomic E-state index is -4.63. The summed E-state index contributed by atoms with van der Waals surface area (Å²) in [5.41, 5.74) is -2.90. The maximum absolute atomic E-state index is 12.5. The topological polar surface area (TPSA) is 75.6 Å². The first-order valence-electron chi connectivity index (χ1n) is 6.08. The molecule has 1 unspecified atom stereocenters. The van der Waals surface area contributed by atoms with Crippen LogP contribution in [0, 0.1) is 5.41 Å². The van der Waals surface area contributed by atoms with Crippen molar-refractivity contribution in [2.75, 3.05) is 6.54 Å². The number of alkyl halides is 3. The minimum absolute atomic E-state index is 0.266. The Morgan fingerprint density at radius 1 is 1.20 bits per heavy atom. The van der Waals surface area contributed by atoms with Crippen molar-refractivity contribution in [1.82, 2.24) is 5.32 Å². The second-order valence-electron chi connectivity index (χ2n) is 5.59. The Bertz CT molecular complexity index is 363. The zero-order valence-corrected chi connectivity index (χ0v) is 11.9. The van der Waals surface area contributed by atoms with Crippen molar-refractivity contribution in [3.05, 3.63) is 0 Å². The van der Waals surface area contributed by atoms with Gasteiger partial charge in [-0.1, -0.05) is 6.92 Å². The molecule has 0 aromatic carbocycles. The molecular formula is C12H20F3NO4. The lowest BCUT2D eigenvalue weighted by Gasteiger charge is -2.30. The number of carboxylic acids is 1. The van der Waals surface area contributed by atoms with E-state index in [0.29, 0.717) is 0 Å². The highest BCUT2D eigenvalue weighted by molar-refractivity contribution is 5.76. The van der Waals surface area contributed by atoms with Gasteiger partial charge in [-0.15, -0.1) is 0 Å². The van der Waals surface area contributed by atoms with Gasteiger partial charge in [0.2, 0.25) is 0 Å². The van der Waals surface area contributed by atoms with Crippen molar-refractivity contribution in [3.63, 3.8) is 0 Å². The number of halogens is 3. The summed E-state index contributed by atoms with van der Waals surface area (Å²) >= 11 is 0. The van der Waals surface area contributed by atoms with E-state index in [2.05, 4.69) is 5.32 Å². The van der Waals surface area contributed by atoms with Gasteiger partial charge in [0.15, 0.2) is 0 Å². The van der Waals surface area contributed by atoms with Gasteiger partial charge in [0, 0.05) is 6.54 Å². The van der Waals surface area contributed by atoms with Crippen LogP contribution in [0.1, 0.15) is 40.5 Å². The summed E-state index contributed by atoms with van der Waals surface area (Å²) in [6, 6.07) is 0. The summed E-state index contributed by atoms with van der Waals surface area (Å²) in [6.45, 7) is 5.45. The minimum Gasteiger partial charge on any atom is -0.481 e. The van der Waals surface area contributed by atoms with Gasteiger partial charge >= 0.3 is 18.2 Å². The smallest absolute Gasteiger partial charge is 0.407 e. The molecule has 0 aliphatic rings. The van der Waals surface area contributed by atoms with Crippen molar-refractivity contribution < 1.29 is 32.6 Å². The molecule has 0 aliphatic heterocycles. The lowest BCUT2D eigenvalue weighted by molar-refractivity contribution is -0.178. The zero-order chi connectivity index (χ0) is 16.2. The Balaban J connectivity index is 4.84. The van der Waals surface area contributed by atoms with Crippen LogP contribution in [0.4, 0.5) is 18.0 Å². The fraction of sp³-hybridized carbons (Fsp3) is 0.833. The molecule has 0 aromatic rings. The molecule has 2 N–H and O–H groups in total. The monoisotopic (exact) mass is 299 g/mol. The van der Waals surface area contributed by atoms with Crippen LogP contribution < -0.4 is 5.32 Å². The molecule has 0 fully saturated rings. The maximum atomic E-state index is 12.5. The quantitative estimate of drug-likeness (QED) is 0.818. The van der Waals surface area contributed by atoms with E-state index < -0.39 is 42.2 Å². The molecule has 20 heavy (non-hydrogen) atoms. The van der Waals surface area contributed by atoms with Gasteiger partial charge in [0.1, 0.15) is 5.60 Å². The van der Waals surface area contributed by atoms with Crippen LogP contribution in [-0.2, 0) is 9.53 Å². The first-order valence-corrected chi connectivity index (χ1v) is 6.08. The molecule has 0 aliphatic carbocycles. The third kappa shape index (κ3) is 6.63. The average Bonchev–Trinajstić information content (AvgIpc) is 2.19. The van der Waals surface area contributed by atoms with Crippen LogP contribution in [-0.4, -0.2) is 35.5 Å². The van der Waals surface area contributed by atoms with Gasteiger partial charge in [-0.25, -0.2) is 4.79 Å². The second kappa shape index (κ2) is 6.32. The normalized spacial score (nSPS) is 15.3. The largest absolute Gasteiger partial charge is 0.481 e. The van der Waals surface area contributed by atoms with Crippen molar-refractivity contribution in [2.24, 2.45) is 5.41 Å². The van der Waals surface area contributed by atoms with Gasteiger partial charge < -0.3 is 15.2 Å². The fourth-order valence-electron chi connectivity index (χ4n) is 1.55. The number of carboxylic acid groups (broad SMARTS) is 1. The highest BCUT2D eigenvalue weighted by atomic mass is 19.4. The molecule has 5 nitrogen and oxygen atoms in total. The lowest BCUT2D eigenvalue weighted by Crippen LogP contribution is -2.46. The van der Waals surface area contributed by atoms with Crippen LogP contribution in [0.25, 0.3) is 0 Å². The lowest BCUT2D eigenvalue weighted by atomic mass is 9.81. The standard InChI is InChI=1S/C12H20F3NO4/c1-5-11(8(17)18,6-12(13,14)15)7-16-9(19)20-10(2,3)4/h5-7H2,1-4H3,(H,16,19)(H,17,18). The molecule has 1 atom stereocenters. The number of carbonyl (C=O) groups is 2. The summed E-state index contributed by atoms with van der Waals surface area (Å²) in [4.78, 5) is 22.5. The number of ether oxygens (including phenoxy) is 1. The van der Waals surface area contributed by atoms with Crippen molar-refractivity contribution in [1.29, 1.82) is 0 Å². The summed E-state index contributed by atoms with van der Waals surface area (Å²) in [7, 11) is 0. The SMILES string of the molecule is CCC(CNC(=O)OC(C)(C)C)(CC(F)(F)F)C(=O)O. The fourth-order valence-corrected chi connectivity index (χ4v) is 1.55. The van der Waals surface area contributed by atoms with E-state index >= 15 is 0 Å². The number of amides is 1. The highest BCUT2D eigenvalue weighted by Gasteiger charge is 2.47. The first kappa shape index (κ1) is 18.5. The highest BCUT2D eigenvalue weighted by Crippen LogP contribution is 2.36. The molecule has 0 spiro atoms. The zero-order valence-electron chi connectivity index (χ0n) is 11.9. The van der Waals surface area contributed by atoms with E-state index in [0.717, 1.165) is 0 Å². The van der Waals surface area contributed by atoms with Crippen LogP contribution in [0.2, 0.25) is 0 Å².